The molecule has 2 rings (SSSR count). The minimum atomic E-state index is -0.230. The third-order valence-electron chi connectivity index (χ3n) is 3.33. The number of ether oxygens (including phenoxy) is 1. The molecule has 0 fully saturated rings. The van der Waals surface area contributed by atoms with Gasteiger partial charge in [0.25, 0.3) is 5.91 Å². The summed E-state index contributed by atoms with van der Waals surface area (Å²) in [7, 11) is 1.62. The highest BCUT2D eigenvalue weighted by Crippen LogP contribution is 2.26. The van der Waals surface area contributed by atoms with E-state index < -0.39 is 0 Å². The van der Waals surface area contributed by atoms with Gasteiger partial charge in [-0.25, -0.2) is 5.43 Å². The summed E-state index contributed by atoms with van der Waals surface area (Å²) >= 11 is 4.95. The molecule has 2 aromatic rings. The standard InChI is InChI=1S/C18H19BrN2O2S/c1-12(14-9-10-17(23-3)16(19)11-14)20-21-18(22)13(2)24-15-7-5-4-6-8-15/h4-11,13H,1-3H3,(H,21,22)/b20-12+. The van der Waals surface area contributed by atoms with Crippen LogP contribution < -0.4 is 10.2 Å². The fourth-order valence-corrected chi connectivity index (χ4v) is 3.37. The maximum Gasteiger partial charge on any atom is 0.253 e. The molecule has 0 aromatic heterocycles. The van der Waals surface area contributed by atoms with E-state index in [1.54, 1.807) is 7.11 Å². The predicted octanol–water partition coefficient (Wildman–Crippen LogP) is 4.48. The average molecular weight is 407 g/mol. The molecule has 1 N–H and O–H groups in total. The van der Waals surface area contributed by atoms with Crippen molar-refractivity contribution in [1.82, 2.24) is 5.43 Å². The maximum atomic E-state index is 12.2. The highest BCUT2D eigenvalue weighted by Gasteiger charge is 2.14. The second-order valence-electron chi connectivity index (χ2n) is 5.10. The maximum absolute atomic E-state index is 12.2. The quantitative estimate of drug-likeness (QED) is 0.437. The Kier molecular flexibility index (Phi) is 6.87. The smallest absolute Gasteiger partial charge is 0.253 e. The van der Waals surface area contributed by atoms with Crippen molar-refractivity contribution in [3.63, 3.8) is 0 Å². The molecule has 4 nitrogen and oxygen atoms in total. The van der Waals surface area contributed by atoms with Crippen LogP contribution in [0.1, 0.15) is 19.4 Å². The van der Waals surface area contributed by atoms with Crippen molar-refractivity contribution in [2.75, 3.05) is 7.11 Å². The van der Waals surface area contributed by atoms with Crippen molar-refractivity contribution in [1.29, 1.82) is 0 Å². The number of methoxy groups -OCH3 is 1. The molecule has 2 aromatic carbocycles. The van der Waals surface area contributed by atoms with Crippen LogP contribution in [0.3, 0.4) is 0 Å². The zero-order chi connectivity index (χ0) is 17.5. The first-order valence-corrected chi connectivity index (χ1v) is 9.08. The number of rotatable bonds is 6. The summed E-state index contributed by atoms with van der Waals surface area (Å²) in [5, 5.41) is 3.97. The molecule has 0 aliphatic rings. The molecule has 1 amide bonds. The van der Waals surface area contributed by atoms with Gasteiger partial charge < -0.3 is 4.74 Å². The number of hydrazone groups is 1. The number of hydrogen-bond acceptors (Lipinski definition) is 4. The van der Waals surface area contributed by atoms with E-state index in [4.69, 9.17) is 4.74 Å². The molecule has 1 atom stereocenters. The lowest BCUT2D eigenvalue weighted by molar-refractivity contribution is -0.120. The Morgan fingerprint density at radius 3 is 2.58 bits per heavy atom. The van der Waals surface area contributed by atoms with Crippen LogP contribution in [-0.4, -0.2) is 24.0 Å². The Balaban J connectivity index is 1.98. The summed E-state index contributed by atoms with van der Waals surface area (Å²) in [6.45, 7) is 3.71. The van der Waals surface area contributed by atoms with Crippen LogP contribution in [0, 0.1) is 0 Å². The highest BCUT2D eigenvalue weighted by molar-refractivity contribution is 9.10. The first-order valence-electron chi connectivity index (χ1n) is 7.41. The molecule has 0 bridgehead atoms. The molecule has 0 aliphatic carbocycles. The summed E-state index contributed by atoms with van der Waals surface area (Å²) < 4.78 is 6.05. The van der Waals surface area contributed by atoms with E-state index in [1.807, 2.05) is 62.4 Å². The largest absolute Gasteiger partial charge is 0.496 e. The number of benzene rings is 2. The number of nitrogens with zero attached hydrogens (tertiary/aromatic N) is 1. The van der Waals surface area contributed by atoms with Gasteiger partial charge in [0.15, 0.2) is 0 Å². The first-order chi connectivity index (χ1) is 11.5. The van der Waals surface area contributed by atoms with Crippen LogP contribution in [0.4, 0.5) is 0 Å². The molecule has 0 aliphatic heterocycles. The molecule has 0 heterocycles. The molecule has 6 heteroatoms. The van der Waals surface area contributed by atoms with E-state index >= 15 is 0 Å². The summed E-state index contributed by atoms with van der Waals surface area (Å²) in [4.78, 5) is 13.2. The molecule has 0 saturated heterocycles. The van der Waals surface area contributed by atoms with E-state index in [1.165, 1.54) is 11.8 Å². The molecule has 24 heavy (non-hydrogen) atoms. The Bertz CT molecular complexity index is 735. The fourth-order valence-electron chi connectivity index (χ4n) is 1.94. The van der Waals surface area contributed by atoms with Gasteiger partial charge in [-0.1, -0.05) is 18.2 Å². The van der Waals surface area contributed by atoms with Gasteiger partial charge in [0.05, 0.1) is 22.5 Å². The van der Waals surface area contributed by atoms with Crippen LogP contribution in [0.15, 0.2) is 63.0 Å². The van der Waals surface area contributed by atoms with Gasteiger partial charge in [-0.3, -0.25) is 4.79 Å². The number of amides is 1. The minimum Gasteiger partial charge on any atom is -0.496 e. The topological polar surface area (TPSA) is 50.7 Å². The number of thioether (sulfide) groups is 1. The van der Waals surface area contributed by atoms with Gasteiger partial charge in [-0.2, -0.15) is 5.10 Å². The Labute approximate surface area is 154 Å². The van der Waals surface area contributed by atoms with Gasteiger partial charge in [0, 0.05) is 4.90 Å². The van der Waals surface area contributed by atoms with Gasteiger partial charge in [0.2, 0.25) is 0 Å². The first kappa shape index (κ1) is 18.5. The van der Waals surface area contributed by atoms with E-state index in [0.29, 0.717) is 0 Å². The van der Waals surface area contributed by atoms with Crippen LogP contribution >= 0.6 is 27.7 Å². The van der Waals surface area contributed by atoms with Crippen LogP contribution in [-0.2, 0) is 4.79 Å². The molecule has 0 spiro atoms. The second-order valence-corrected chi connectivity index (χ2v) is 7.36. The highest BCUT2D eigenvalue weighted by atomic mass is 79.9. The normalized spacial score (nSPS) is 12.6. The van der Waals surface area contributed by atoms with E-state index in [0.717, 1.165) is 26.4 Å². The van der Waals surface area contributed by atoms with Crippen molar-refractivity contribution < 1.29 is 9.53 Å². The number of hydrogen-bond donors (Lipinski definition) is 1. The Hall–Kier alpha value is -1.79. The molecule has 0 radical (unpaired) electrons. The lowest BCUT2D eigenvalue weighted by Gasteiger charge is -2.10. The zero-order valence-electron chi connectivity index (χ0n) is 13.7. The summed E-state index contributed by atoms with van der Waals surface area (Å²) in [6.07, 6.45) is 0. The third kappa shape index (κ3) is 5.11. The zero-order valence-corrected chi connectivity index (χ0v) is 16.1. The van der Waals surface area contributed by atoms with E-state index in [2.05, 4.69) is 26.5 Å². The van der Waals surface area contributed by atoms with Crippen molar-refractivity contribution in [3.8, 4) is 5.75 Å². The summed E-state index contributed by atoms with van der Waals surface area (Å²) in [5.74, 6) is 0.624. The average Bonchev–Trinajstić information content (AvgIpc) is 2.60. The van der Waals surface area contributed by atoms with Crippen molar-refractivity contribution >= 4 is 39.3 Å². The van der Waals surface area contributed by atoms with Crippen LogP contribution in [0.5, 0.6) is 5.75 Å². The van der Waals surface area contributed by atoms with Crippen LogP contribution in [0.2, 0.25) is 0 Å². The molecular formula is C18H19BrN2O2S. The second kappa shape index (κ2) is 8.89. The number of carbonyl (C=O) groups excluding carboxylic acids is 1. The fraction of sp³-hybridized carbons (Fsp3) is 0.222. The Morgan fingerprint density at radius 2 is 1.96 bits per heavy atom. The minimum absolute atomic E-state index is 0.129. The van der Waals surface area contributed by atoms with Crippen molar-refractivity contribution in [2.24, 2.45) is 5.10 Å². The molecule has 1 unspecified atom stereocenters. The van der Waals surface area contributed by atoms with Crippen LogP contribution in [0.25, 0.3) is 0 Å². The van der Waals surface area contributed by atoms with Gasteiger partial charge in [-0.05, 0) is 65.7 Å². The molecule has 0 saturated carbocycles. The van der Waals surface area contributed by atoms with Gasteiger partial charge in [0.1, 0.15) is 5.75 Å². The Morgan fingerprint density at radius 1 is 1.25 bits per heavy atom. The number of nitrogens with one attached hydrogen (secondary N) is 1. The lowest BCUT2D eigenvalue weighted by atomic mass is 10.1. The predicted molar refractivity (Wildman–Crippen MR) is 103 cm³/mol. The van der Waals surface area contributed by atoms with Crippen molar-refractivity contribution in [3.05, 3.63) is 58.6 Å². The van der Waals surface area contributed by atoms with Gasteiger partial charge in [-0.15, -0.1) is 11.8 Å². The monoisotopic (exact) mass is 406 g/mol. The number of halogens is 1. The molecule has 126 valence electrons. The SMILES string of the molecule is COc1ccc(/C(C)=N/NC(=O)C(C)Sc2ccccc2)cc1Br. The number of carbonyl (C=O) groups is 1. The molecular weight excluding hydrogens is 388 g/mol. The third-order valence-corrected chi connectivity index (χ3v) is 5.06. The lowest BCUT2D eigenvalue weighted by Crippen LogP contribution is -2.27. The van der Waals surface area contributed by atoms with E-state index in [9.17, 15) is 4.79 Å². The van der Waals surface area contributed by atoms with Crippen molar-refractivity contribution in [2.45, 2.75) is 24.0 Å². The van der Waals surface area contributed by atoms with E-state index in [-0.39, 0.29) is 11.2 Å². The van der Waals surface area contributed by atoms with Gasteiger partial charge >= 0.3 is 0 Å². The summed E-state index contributed by atoms with van der Waals surface area (Å²) in [5.41, 5.74) is 4.26. The summed E-state index contributed by atoms with van der Waals surface area (Å²) in [6, 6.07) is 15.5.